The van der Waals surface area contributed by atoms with Crippen molar-refractivity contribution in [1.29, 1.82) is 0 Å². The zero-order chi connectivity index (χ0) is 17.8. The van der Waals surface area contributed by atoms with E-state index in [1.807, 2.05) is 0 Å². The molecule has 4 N–H and O–H groups in total. The van der Waals surface area contributed by atoms with E-state index in [9.17, 15) is 14.7 Å². The number of carboxylic acid groups (broad SMARTS) is 1. The van der Waals surface area contributed by atoms with Crippen molar-refractivity contribution in [3.63, 3.8) is 0 Å². The van der Waals surface area contributed by atoms with Gasteiger partial charge in [-0.25, -0.2) is 14.8 Å². The normalized spacial score (nSPS) is 10.9. The first-order chi connectivity index (χ1) is 12.1. The quantitative estimate of drug-likeness (QED) is 0.464. The van der Waals surface area contributed by atoms with Crippen LogP contribution in [0.5, 0.6) is 0 Å². The van der Waals surface area contributed by atoms with Crippen molar-refractivity contribution in [2.45, 2.75) is 0 Å². The van der Waals surface area contributed by atoms with Crippen LogP contribution in [0, 0.1) is 0 Å². The van der Waals surface area contributed by atoms with E-state index < -0.39 is 11.9 Å². The molecule has 10 heteroatoms. The molecule has 0 aliphatic heterocycles. The lowest BCUT2D eigenvalue weighted by Gasteiger charge is -2.01. The lowest BCUT2D eigenvalue weighted by Crippen LogP contribution is -2.19. The highest BCUT2D eigenvalue weighted by molar-refractivity contribution is 5.97. The number of aromatic carboxylic acids is 1. The van der Waals surface area contributed by atoms with Gasteiger partial charge in [0.1, 0.15) is 11.5 Å². The molecule has 2 heterocycles. The largest absolute Gasteiger partial charge is 0.478 e. The molecule has 0 bridgehead atoms. The minimum absolute atomic E-state index is 0.114. The molecule has 0 radical (unpaired) electrons. The first-order valence-corrected chi connectivity index (χ1v) is 6.90. The lowest BCUT2D eigenvalue weighted by atomic mass is 10.1. The number of nitrogens with zero attached hydrogens (tertiary/aromatic N) is 3. The van der Waals surface area contributed by atoms with Gasteiger partial charge in [-0.1, -0.05) is 18.2 Å². The first-order valence-electron chi connectivity index (χ1n) is 6.90. The summed E-state index contributed by atoms with van der Waals surface area (Å²) in [6, 6.07) is 9.61. The number of nitrogens with two attached hydrogens (primary N) is 1. The third kappa shape index (κ3) is 3.37. The van der Waals surface area contributed by atoms with Gasteiger partial charge in [0.15, 0.2) is 0 Å². The first kappa shape index (κ1) is 15.9. The maximum absolute atomic E-state index is 11.7. The Bertz CT molecular complexity index is 959. The third-order valence-corrected chi connectivity index (χ3v) is 3.14. The number of amides is 1. The third-order valence-electron chi connectivity index (χ3n) is 3.14. The van der Waals surface area contributed by atoms with E-state index in [1.165, 1.54) is 12.3 Å². The zero-order valence-corrected chi connectivity index (χ0v) is 12.5. The molecular weight excluding hydrogens is 330 g/mol. The summed E-state index contributed by atoms with van der Waals surface area (Å²) in [6.07, 6.45) is 1.24. The van der Waals surface area contributed by atoms with Crippen LogP contribution in [-0.2, 0) is 0 Å². The zero-order valence-electron chi connectivity index (χ0n) is 12.5. The summed E-state index contributed by atoms with van der Waals surface area (Å²) in [5.74, 6) is -1.25. The molecule has 3 rings (SSSR count). The molecule has 25 heavy (non-hydrogen) atoms. The molecule has 10 nitrogen and oxygen atoms in total. The van der Waals surface area contributed by atoms with E-state index in [2.05, 4.69) is 25.5 Å². The van der Waals surface area contributed by atoms with E-state index >= 15 is 0 Å². The number of aromatic nitrogens is 2. The Morgan fingerprint density at radius 2 is 2.00 bits per heavy atom. The van der Waals surface area contributed by atoms with Crippen LogP contribution >= 0.6 is 0 Å². The van der Waals surface area contributed by atoms with Crippen LogP contribution < -0.4 is 11.2 Å². The molecule has 0 fully saturated rings. The fourth-order valence-electron chi connectivity index (χ4n) is 2.01. The molecule has 1 amide bonds. The fraction of sp³-hybridized carbons (Fsp3) is 0. The monoisotopic (exact) mass is 341 g/mol. The Labute approximate surface area is 139 Å². The Morgan fingerprint density at radius 1 is 1.20 bits per heavy atom. The molecular formula is C15H11N5O5. The van der Waals surface area contributed by atoms with Gasteiger partial charge < -0.3 is 15.3 Å². The highest BCUT2D eigenvalue weighted by Crippen LogP contribution is 2.25. The smallest absolute Gasteiger partial charge is 0.336 e. The molecule has 126 valence electrons. The number of nitrogens with one attached hydrogen (secondary N) is 1. The molecule has 0 spiro atoms. The van der Waals surface area contributed by atoms with Crippen LogP contribution in [0.2, 0.25) is 0 Å². The molecule has 3 aromatic rings. The maximum atomic E-state index is 11.7. The van der Waals surface area contributed by atoms with Crippen molar-refractivity contribution in [3.05, 3.63) is 53.4 Å². The molecule has 0 aliphatic carbocycles. The Morgan fingerprint density at radius 3 is 2.72 bits per heavy atom. The molecule has 0 saturated heterocycles. The number of furan rings is 1. The topological polar surface area (TPSA) is 157 Å². The fourth-order valence-corrected chi connectivity index (χ4v) is 2.01. The van der Waals surface area contributed by atoms with E-state index in [4.69, 9.17) is 10.2 Å². The number of benzene rings is 1. The predicted molar refractivity (Wildman–Crippen MR) is 84.9 cm³/mol. The van der Waals surface area contributed by atoms with Crippen LogP contribution in [0.25, 0.3) is 11.3 Å². The van der Waals surface area contributed by atoms with Crippen molar-refractivity contribution in [2.75, 3.05) is 5.73 Å². The average molecular weight is 341 g/mol. The Balaban J connectivity index is 1.73. The maximum Gasteiger partial charge on any atom is 0.336 e. The summed E-state index contributed by atoms with van der Waals surface area (Å²) in [6.45, 7) is 0. The number of carboxylic acids is 1. The van der Waals surface area contributed by atoms with Crippen molar-refractivity contribution in [3.8, 4) is 11.3 Å². The molecule has 2 aromatic heterocycles. The molecule has 0 aliphatic rings. The van der Waals surface area contributed by atoms with Crippen LogP contribution in [0.4, 0.5) is 5.82 Å². The number of rotatable bonds is 5. The van der Waals surface area contributed by atoms with E-state index in [0.717, 1.165) is 0 Å². The van der Waals surface area contributed by atoms with E-state index in [0.29, 0.717) is 17.1 Å². The minimum atomic E-state index is -1.06. The van der Waals surface area contributed by atoms with Crippen molar-refractivity contribution in [2.24, 2.45) is 5.10 Å². The van der Waals surface area contributed by atoms with Gasteiger partial charge in [0.25, 0.3) is 5.91 Å². The molecule has 0 unspecified atom stereocenters. The summed E-state index contributed by atoms with van der Waals surface area (Å²) in [7, 11) is 0. The second kappa shape index (κ2) is 6.66. The number of hydrazone groups is 1. The van der Waals surface area contributed by atoms with Crippen LogP contribution in [0.1, 0.15) is 26.6 Å². The van der Waals surface area contributed by atoms with Crippen molar-refractivity contribution < 1.29 is 23.7 Å². The summed E-state index contributed by atoms with van der Waals surface area (Å²) in [5.41, 5.74) is 7.93. The molecule has 0 atom stereocenters. The second-order valence-electron chi connectivity index (χ2n) is 4.75. The number of hydrogen-bond acceptors (Lipinski definition) is 8. The average Bonchev–Trinajstić information content (AvgIpc) is 3.23. The van der Waals surface area contributed by atoms with Gasteiger partial charge in [-0.05, 0) is 28.5 Å². The Hall–Kier alpha value is -3.95. The van der Waals surface area contributed by atoms with Crippen LogP contribution in [-0.4, -0.2) is 33.5 Å². The van der Waals surface area contributed by atoms with Gasteiger partial charge in [-0.3, -0.25) is 4.79 Å². The number of anilines is 1. The molecule has 1 aromatic carbocycles. The SMILES string of the molecule is Nc1nonc1C(=O)N/N=C\c1ccc(-c2ccccc2C(=O)O)o1. The van der Waals surface area contributed by atoms with Crippen molar-refractivity contribution >= 4 is 23.9 Å². The van der Waals surface area contributed by atoms with Gasteiger partial charge in [0, 0.05) is 5.56 Å². The van der Waals surface area contributed by atoms with Crippen LogP contribution in [0.3, 0.4) is 0 Å². The standard InChI is InChI=1S/C15H11N5O5/c16-13-12(19-25-20-13)14(21)18-17-7-8-5-6-11(24-8)9-3-1-2-4-10(9)15(22)23/h1-7H,(H2,16,20)(H,18,21)(H,22,23)/b17-7-. The van der Waals surface area contributed by atoms with E-state index in [1.54, 1.807) is 30.3 Å². The van der Waals surface area contributed by atoms with Gasteiger partial charge in [-0.15, -0.1) is 0 Å². The van der Waals surface area contributed by atoms with Gasteiger partial charge in [0.05, 0.1) is 11.8 Å². The highest BCUT2D eigenvalue weighted by atomic mass is 16.6. The molecule has 0 saturated carbocycles. The number of hydrogen-bond donors (Lipinski definition) is 3. The van der Waals surface area contributed by atoms with Gasteiger partial charge >= 0.3 is 5.97 Å². The minimum Gasteiger partial charge on any atom is -0.478 e. The summed E-state index contributed by atoms with van der Waals surface area (Å²) < 4.78 is 9.83. The van der Waals surface area contributed by atoms with Gasteiger partial charge in [-0.2, -0.15) is 5.10 Å². The van der Waals surface area contributed by atoms with Crippen LogP contribution in [0.15, 0.2) is 50.5 Å². The lowest BCUT2D eigenvalue weighted by molar-refractivity contribution is 0.0697. The van der Waals surface area contributed by atoms with Crippen molar-refractivity contribution in [1.82, 2.24) is 15.7 Å². The number of nitrogen functional groups attached to an aromatic ring is 1. The predicted octanol–water partition coefficient (Wildman–Crippen LogP) is 1.37. The second-order valence-corrected chi connectivity index (χ2v) is 4.75. The summed E-state index contributed by atoms with van der Waals surface area (Å²) in [5, 5.41) is 19.5. The number of carbonyl (C=O) groups excluding carboxylic acids is 1. The number of carbonyl (C=O) groups is 2. The van der Waals surface area contributed by atoms with E-state index in [-0.39, 0.29) is 17.1 Å². The Kier molecular flexibility index (Phi) is 4.24. The highest BCUT2D eigenvalue weighted by Gasteiger charge is 2.15. The summed E-state index contributed by atoms with van der Waals surface area (Å²) in [4.78, 5) is 22.9. The van der Waals surface area contributed by atoms with Gasteiger partial charge in [0.2, 0.25) is 11.5 Å². The summed E-state index contributed by atoms with van der Waals surface area (Å²) >= 11 is 0.